The molecule has 2 aliphatic rings. The molecule has 1 heterocycles. The topological polar surface area (TPSA) is 21.6 Å². The number of hydrogen-bond donors (Lipinski definition) is 0. The van der Waals surface area contributed by atoms with Crippen molar-refractivity contribution in [3.63, 3.8) is 0 Å². The van der Waals surface area contributed by atoms with Gasteiger partial charge >= 0.3 is 0 Å². The molecule has 2 rings (SSSR count). The van der Waals surface area contributed by atoms with Gasteiger partial charge in [-0.1, -0.05) is 19.3 Å². The molecule has 0 amide bonds. The molecule has 2 heteroatoms. The van der Waals surface area contributed by atoms with Crippen LogP contribution in [0.15, 0.2) is 4.99 Å². The molecule has 0 radical (unpaired) electrons. The van der Waals surface area contributed by atoms with Gasteiger partial charge in [-0.15, -0.1) is 0 Å². The molecule has 0 aromatic rings. The molecule has 0 aromatic carbocycles. The Bertz CT molecular complexity index is 180. The predicted octanol–water partition coefficient (Wildman–Crippen LogP) is 2.14. The lowest BCUT2D eigenvalue weighted by Gasteiger charge is -2.27. The van der Waals surface area contributed by atoms with E-state index in [2.05, 4.69) is 4.99 Å². The summed E-state index contributed by atoms with van der Waals surface area (Å²) in [5, 5.41) is 0. The van der Waals surface area contributed by atoms with E-state index in [1.54, 1.807) is 0 Å². The van der Waals surface area contributed by atoms with Crippen LogP contribution in [0, 0.1) is 0 Å². The fraction of sp³-hybridized carbons (Fsp3) is 0.889. The number of aliphatic imine (C=N–C) groups is 1. The number of nitrogens with zero attached hydrogens (tertiary/aromatic N) is 1. The van der Waals surface area contributed by atoms with Crippen LogP contribution in [0.1, 0.15) is 39.0 Å². The van der Waals surface area contributed by atoms with Crippen molar-refractivity contribution in [2.45, 2.75) is 44.6 Å². The van der Waals surface area contributed by atoms with Crippen molar-refractivity contribution in [2.24, 2.45) is 4.99 Å². The molecule has 0 N–H and O–H groups in total. The van der Waals surface area contributed by atoms with Crippen molar-refractivity contribution in [3.8, 4) is 0 Å². The molecule has 1 spiro atoms. The maximum atomic E-state index is 5.40. The van der Waals surface area contributed by atoms with Crippen LogP contribution in [0.5, 0.6) is 0 Å². The minimum Gasteiger partial charge on any atom is -0.479 e. The van der Waals surface area contributed by atoms with Gasteiger partial charge in [0.05, 0.1) is 5.54 Å². The third-order valence-corrected chi connectivity index (χ3v) is 2.73. The normalized spacial score (nSPS) is 28.3. The first-order valence-corrected chi connectivity index (χ1v) is 4.50. The van der Waals surface area contributed by atoms with E-state index < -0.39 is 0 Å². The summed E-state index contributed by atoms with van der Waals surface area (Å²) in [5.74, 6) is 0.895. The highest BCUT2D eigenvalue weighted by molar-refractivity contribution is 5.75. The van der Waals surface area contributed by atoms with E-state index in [1.165, 1.54) is 32.1 Å². The lowest BCUT2D eigenvalue weighted by Crippen LogP contribution is -2.30. The molecule has 1 aliphatic heterocycles. The quantitative estimate of drug-likeness (QED) is 0.522. The Hall–Kier alpha value is -0.530. The molecule has 1 saturated carbocycles. The number of rotatable bonds is 0. The Kier molecular flexibility index (Phi) is 1.63. The van der Waals surface area contributed by atoms with E-state index in [0.717, 1.165) is 12.5 Å². The molecular formula is C9H15NO. The highest BCUT2D eigenvalue weighted by Crippen LogP contribution is 2.34. The Balaban J connectivity index is 2.09. The van der Waals surface area contributed by atoms with Gasteiger partial charge in [-0.05, 0) is 12.8 Å². The van der Waals surface area contributed by atoms with Crippen LogP contribution in [-0.2, 0) is 4.74 Å². The van der Waals surface area contributed by atoms with E-state index in [4.69, 9.17) is 4.74 Å². The Labute approximate surface area is 67.7 Å². The van der Waals surface area contributed by atoms with Crippen LogP contribution in [0.4, 0.5) is 0 Å². The highest BCUT2D eigenvalue weighted by Gasteiger charge is 2.36. The summed E-state index contributed by atoms with van der Waals surface area (Å²) in [7, 11) is 0. The van der Waals surface area contributed by atoms with Crippen LogP contribution in [0.2, 0.25) is 0 Å². The van der Waals surface area contributed by atoms with Gasteiger partial charge in [-0.3, -0.25) is 0 Å². The zero-order valence-electron chi connectivity index (χ0n) is 7.10. The van der Waals surface area contributed by atoms with Crippen LogP contribution in [-0.4, -0.2) is 18.0 Å². The van der Waals surface area contributed by atoms with Gasteiger partial charge in [0.15, 0.2) is 5.90 Å². The zero-order chi connectivity index (χ0) is 7.73. The summed E-state index contributed by atoms with van der Waals surface area (Å²) < 4.78 is 5.40. The molecule has 62 valence electrons. The Morgan fingerprint density at radius 1 is 1.27 bits per heavy atom. The maximum Gasteiger partial charge on any atom is 0.180 e. The summed E-state index contributed by atoms with van der Waals surface area (Å²) in [6.45, 7) is 2.81. The van der Waals surface area contributed by atoms with Gasteiger partial charge in [0.2, 0.25) is 0 Å². The first-order chi connectivity index (χ1) is 5.31. The highest BCUT2D eigenvalue weighted by atomic mass is 16.5. The summed E-state index contributed by atoms with van der Waals surface area (Å²) in [6, 6.07) is 0. The van der Waals surface area contributed by atoms with E-state index in [1.807, 2.05) is 6.92 Å². The van der Waals surface area contributed by atoms with Gasteiger partial charge in [-0.2, -0.15) is 0 Å². The molecule has 0 aromatic heterocycles. The lowest BCUT2D eigenvalue weighted by atomic mass is 9.83. The van der Waals surface area contributed by atoms with Crippen molar-refractivity contribution in [3.05, 3.63) is 0 Å². The second-order valence-corrected chi connectivity index (χ2v) is 3.70. The second-order valence-electron chi connectivity index (χ2n) is 3.70. The summed E-state index contributed by atoms with van der Waals surface area (Å²) in [5.41, 5.74) is 0.211. The average Bonchev–Trinajstić information content (AvgIpc) is 2.34. The van der Waals surface area contributed by atoms with Crippen LogP contribution < -0.4 is 0 Å². The first kappa shape index (κ1) is 7.14. The van der Waals surface area contributed by atoms with E-state index in [9.17, 15) is 0 Å². The summed E-state index contributed by atoms with van der Waals surface area (Å²) in [4.78, 5) is 4.57. The number of hydrogen-bond acceptors (Lipinski definition) is 2. The largest absolute Gasteiger partial charge is 0.479 e. The van der Waals surface area contributed by atoms with Gasteiger partial charge in [-0.25, -0.2) is 4.99 Å². The standard InChI is InChI=1S/C9H15NO/c1-8-10-9(7-11-8)5-3-2-4-6-9/h2-7H2,1H3. The third kappa shape index (κ3) is 1.26. The van der Waals surface area contributed by atoms with Crippen LogP contribution in [0.3, 0.4) is 0 Å². The first-order valence-electron chi connectivity index (χ1n) is 4.50. The molecule has 2 nitrogen and oxygen atoms in total. The van der Waals surface area contributed by atoms with Gasteiger partial charge < -0.3 is 4.74 Å². The molecule has 1 aliphatic carbocycles. The summed E-state index contributed by atoms with van der Waals surface area (Å²) in [6.07, 6.45) is 6.53. The Morgan fingerprint density at radius 3 is 2.55 bits per heavy atom. The molecule has 11 heavy (non-hydrogen) atoms. The monoisotopic (exact) mass is 153 g/mol. The van der Waals surface area contributed by atoms with Crippen molar-refractivity contribution >= 4 is 5.90 Å². The second kappa shape index (κ2) is 2.50. The minimum absolute atomic E-state index is 0.211. The SMILES string of the molecule is CC1=NC2(CCCCC2)CO1. The van der Waals surface area contributed by atoms with Gasteiger partial charge in [0.1, 0.15) is 6.61 Å². The summed E-state index contributed by atoms with van der Waals surface area (Å²) >= 11 is 0. The van der Waals surface area contributed by atoms with Crippen molar-refractivity contribution in [2.75, 3.05) is 6.61 Å². The maximum absolute atomic E-state index is 5.40. The third-order valence-electron chi connectivity index (χ3n) is 2.73. The van der Waals surface area contributed by atoms with E-state index >= 15 is 0 Å². The van der Waals surface area contributed by atoms with Crippen molar-refractivity contribution in [1.82, 2.24) is 0 Å². The molecule has 0 atom stereocenters. The smallest absolute Gasteiger partial charge is 0.180 e. The van der Waals surface area contributed by atoms with Crippen LogP contribution >= 0.6 is 0 Å². The number of ether oxygens (including phenoxy) is 1. The fourth-order valence-electron chi connectivity index (χ4n) is 2.10. The van der Waals surface area contributed by atoms with Gasteiger partial charge in [0.25, 0.3) is 0 Å². The van der Waals surface area contributed by atoms with Crippen LogP contribution in [0.25, 0.3) is 0 Å². The molecule has 0 bridgehead atoms. The zero-order valence-corrected chi connectivity index (χ0v) is 7.10. The van der Waals surface area contributed by atoms with Crippen molar-refractivity contribution < 1.29 is 4.74 Å². The van der Waals surface area contributed by atoms with Crippen molar-refractivity contribution in [1.29, 1.82) is 0 Å². The van der Waals surface area contributed by atoms with E-state index in [-0.39, 0.29) is 5.54 Å². The fourth-order valence-corrected chi connectivity index (χ4v) is 2.10. The molecular weight excluding hydrogens is 138 g/mol. The molecule has 1 fully saturated rings. The predicted molar refractivity (Wildman–Crippen MR) is 44.9 cm³/mol. The van der Waals surface area contributed by atoms with E-state index in [0.29, 0.717) is 0 Å². The Morgan fingerprint density at radius 2 is 2.00 bits per heavy atom. The molecule has 0 saturated heterocycles. The minimum atomic E-state index is 0.211. The average molecular weight is 153 g/mol. The molecule has 0 unspecified atom stereocenters. The lowest BCUT2D eigenvalue weighted by molar-refractivity contribution is 0.206. The van der Waals surface area contributed by atoms with Gasteiger partial charge in [0, 0.05) is 6.92 Å².